The highest BCUT2D eigenvalue weighted by molar-refractivity contribution is 6.31. The zero-order valence-corrected chi connectivity index (χ0v) is 22.3. The molecule has 0 bridgehead atoms. The fourth-order valence-corrected chi connectivity index (χ4v) is 6.91. The molecule has 9 heteroatoms. The van der Waals surface area contributed by atoms with Crippen molar-refractivity contribution in [3.63, 3.8) is 0 Å². The van der Waals surface area contributed by atoms with Gasteiger partial charge in [0.25, 0.3) is 5.69 Å². The molecule has 0 saturated carbocycles. The Hall–Kier alpha value is -5.44. The first-order valence-electron chi connectivity index (χ1n) is 13.4. The van der Waals surface area contributed by atoms with E-state index in [9.17, 15) is 24.5 Å². The maximum atomic E-state index is 14.7. The molecule has 7 rings (SSSR count). The van der Waals surface area contributed by atoms with Crippen LogP contribution in [0.4, 0.5) is 5.69 Å². The average Bonchev–Trinajstić information content (AvgIpc) is 3.47. The molecular formula is C33H23N3O6. The number of ketones is 3. The molecule has 42 heavy (non-hydrogen) atoms. The highest BCUT2D eigenvalue weighted by Crippen LogP contribution is 2.64. The Morgan fingerprint density at radius 1 is 0.905 bits per heavy atom. The van der Waals surface area contributed by atoms with Crippen LogP contribution in [0.2, 0.25) is 0 Å². The first-order chi connectivity index (χ1) is 20.4. The number of nitro benzene ring substituents is 1. The van der Waals surface area contributed by atoms with E-state index in [1.54, 1.807) is 65.8 Å². The fourth-order valence-electron chi connectivity index (χ4n) is 6.91. The number of carbonyl (C=O) groups excluding carboxylic acids is 3. The third kappa shape index (κ3) is 3.36. The van der Waals surface area contributed by atoms with Gasteiger partial charge in [-0.05, 0) is 41.0 Å². The molecule has 4 aromatic carbocycles. The minimum atomic E-state index is -1.81. The molecule has 1 spiro atoms. The quantitative estimate of drug-likeness (QED) is 0.139. The van der Waals surface area contributed by atoms with Crippen molar-refractivity contribution in [1.82, 2.24) is 5.01 Å². The van der Waals surface area contributed by atoms with E-state index in [2.05, 4.69) is 0 Å². The third-order valence-electron chi connectivity index (χ3n) is 8.66. The summed E-state index contributed by atoms with van der Waals surface area (Å²) in [6.07, 6.45) is 1.63. The fraction of sp³-hybridized carbons (Fsp3) is 0.152. The molecule has 0 aromatic heterocycles. The second-order valence-corrected chi connectivity index (χ2v) is 10.6. The number of hydrogen-bond donors (Lipinski definition) is 0. The Balaban J connectivity index is 1.54. The molecular weight excluding hydrogens is 534 g/mol. The average molecular weight is 558 g/mol. The Morgan fingerprint density at radius 2 is 1.57 bits per heavy atom. The predicted molar refractivity (Wildman–Crippen MR) is 153 cm³/mol. The normalized spacial score (nSPS) is 21.2. The van der Waals surface area contributed by atoms with Gasteiger partial charge in [0.05, 0.1) is 24.3 Å². The van der Waals surface area contributed by atoms with Crippen LogP contribution in [0.15, 0.2) is 102 Å². The highest BCUT2D eigenvalue weighted by atomic mass is 16.6. The van der Waals surface area contributed by atoms with Gasteiger partial charge in [-0.2, -0.15) is 5.10 Å². The van der Waals surface area contributed by atoms with Gasteiger partial charge < -0.3 is 4.74 Å². The van der Waals surface area contributed by atoms with Crippen LogP contribution in [0, 0.1) is 15.5 Å². The van der Waals surface area contributed by atoms with Crippen molar-refractivity contribution in [2.45, 2.75) is 18.0 Å². The Labute approximate surface area is 240 Å². The van der Waals surface area contributed by atoms with Gasteiger partial charge in [-0.15, -0.1) is 0 Å². The number of hydrazone groups is 1. The molecule has 1 saturated heterocycles. The summed E-state index contributed by atoms with van der Waals surface area (Å²) in [6.45, 7) is 0. The van der Waals surface area contributed by atoms with Gasteiger partial charge in [0, 0.05) is 34.7 Å². The Morgan fingerprint density at radius 3 is 2.24 bits per heavy atom. The summed E-state index contributed by atoms with van der Waals surface area (Å²) in [5, 5.41) is 18.1. The molecule has 2 heterocycles. The molecule has 4 aromatic rings. The second kappa shape index (κ2) is 9.31. The summed E-state index contributed by atoms with van der Waals surface area (Å²) in [6, 6.07) is 24.4. The number of Topliss-reactive ketones (excluding diaryl/α,β-unsaturated/α-hetero) is 3. The SMILES string of the molecule is COc1ccc(C(=O)[C@@H]2[C@H](c3cccc([N+](=O)[O-])c3)C3(C(=O)c4ccccc4C3=O)[C@H]3c4ccccc4C=NN23)cc1. The first-order valence-corrected chi connectivity index (χ1v) is 13.4. The van der Waals surface area contributed by atoms with E-state index in [0.29, 0.717) is 22.4 Å². The van der Waals surface area contributed by atoms with Gasteiger partial charge >= 0.3 is 0 Å². The van der Waals surface area contributed by atoms with E-state index in [0.717, 1.165) is 5.56 Å². The highest BCUT2D eigenvalue weighted by Gasteiger charge is 2.72. The molecule has 0 amide bonds. The summed E-state index contributed by atoms with van der Waals surface area (Å²) in [5.74, 6) is -1.75. The lowest BCUT2D eigenvalue weighted by Gasteiger charge is -2.36. The molecule has 3 atom stereocenters. The minimum Gasteiger partial charge on any atom is -0.497 e. The van der Waals surface area contributed by atoms with Gasteiger partial charge in [-0.1, -0.05) is 60.7 Å². The number of methoxy groups -OCH3 is 1. The molecule has 0 radical (unpaired) electrons. The van der Waals surface area contributed by atoms with E-state index >= 15 is 0 Å². The maximum absolute atomic E-state index is 14.7. The summed E-state index contributed by atoms with van der Waals surface area (Å²) < 4.78 is 5.27. The van der Waals surface area contributed by atoms with Crippen LogP contribution < -0.4 is 4.74 Å². The maximum Gasteiger partial charge on any atom is 0.269 e. The number of rotatable bonds is 5. The number of nitro groups is 1. The van der Waals surface area contributed by atoms with Crippen LogP contribution in [0.1, 0.15) is 59.7 Å². The molecule has 1 aliphatic carbocycles. The van der Waals surface area contributed by atoms with E-state index in [4.69, 9.17) is 9.84 Å². The van der Waals surface area contributed by atoms with Crippen molar-refractivity contribution in [2.24, 2.45) is 10.5 Å². The van der Waals surface area contributed by atoms with Crippen molar-refractivity contribution in [1.29, 1.82) is 0 Å². The van der Waals surface area contributed by atoms with Crippen molar-refractivity contribution in [3.8, 4) is 5.75 Å². The Kier molecular flexibility index (Phi) is 5.65. The summed E-state index contributed by atoms with van der Waals surface area (Å²) >= 11 is 0. The summed E-state index contributed by atoms with van der Waals surface area (Å²) in [7, 11) is 1.52. The van der Waals surface area contributed by atoms with Crippen molar-refractivity contribution >= 4 is 29.3 Å². The molecule has 206 valence electrons. The predicted octanol–water partition coefficient (Wildman–Crippen LogP) is 5.41. The smallest absolute Gasteiger partial charge is 0.269 e. The molecule has 0 unspecified atom stereocenters. The van der Waals surface area contributed by atoms with Crippen LogP contribution in [0.5, 0.6) is 5.75 Å². The number of ether oxygens (including phenoxy) is 1. The largest absolute Gasteiger partial charge is 0.497 e. The zero-order valence-electron chi connectivity index (χ0n) is 22.3. The molecule has 0 N–H and O–H groups in total. The minimum absolute atomic E-state index is 0.206. The third-order valence-corrected chi connectivity index (χ3v) is 8.66. The van der Waals surface area contributed by atoms with Crippen LogP contribution in [0.25, 0.3) is 0 Å². The van der Waals surface area contributed by atoms with Crippen molar-refractivity contribution in [2.75, 3.05) is 7.11 Å². The van der Waals surface area contributed by atoms with Crippen LogP contribution in [-0.2, 0) is 0 Å². The molecule has 2 aliphatic heterocycles. The van der Waals surface area contributed by atoms with E-state index < -0.39 is 39.9 Å². The first kappa shape index (κ1) is 25.5. The van der Waals surface area contributed by atoms with Gasteiger partial charge in [-0.25, -0.2) is 0 Å². The summed E-state index contributed by atoms with van der Waals surface area (Å²) in [4.78, 5) is 55.3. The molecule has 9 nitrogen and oxygen atoms in total. The number of hydrogen-bond acceptors (Lipinski definition) is 8. The lowest BCUT2D eigenvalue weighted by Crippen LogP contribution is -2.43. The van der Waals surface area contributed by atoms with Gasteiger partial charge in [0.2, 0.25) is 0 Å². The summed E-state index contributed by atoms with van der Waals surface area (Å²) in [5.41, 5.74) is 0.601. The van der Waals surface area contributed by atoms with Crippen LogP contribution >= 0.6 is 0 Å². The van der Waals surface area contributed by atoms with Crippen LogP contribution in [-0.4, -0.2) is 46.6 Å². The number of benzene rings is 4. The monoisotopic (exact) mass is 557 g/mol. The van der Waals surface area contributed by atoms with E-state index in [1.165, 1.54) is 25.3 Å². The van der Waals surface area contributed by atoms with Crippen molar-refractivity contribution in [3.05, 3.63) is 141 Å². The van der Waals surface area contributed by atoms with Crippen molar-refractivity contribution < 1.29 is 24.0 Å². The number of carbonyl (C=O) groups is 3. The lowest BCUT2D eigenvalue weighted by atomic mass is 9.63. The topological polar surface area (TPSA) is 119 Å². The molecule has 1 fully saturated rings. The standard InChI is InChI=1S/C33H23N3O6/c1-42-23-15-13-19(14-16-23)29(37)28-27(20-8-6-9-22(17-20)36(40)41)33(31(38)25-11-4-5-12-26(25)32(33)39)30-24-10-3-2-7-21(24)18-34-35(28)30/h2-18,27-28,30H,1H3/t27-,28-,30+/m0/s1. The van der Waals surface area contributed by atoms with Gasteiger partial charge in [0.1, 0.15) is 17.2 Å². The number of non-ortho nitro benzene ring substituents is 1. The second-order valence-electron chi connectivity index (χ2n) is 10.6. The van der Waals surface area contributed by atoms with Gasteiger partial charge in [-0.3, -0.25) is 29.5 Å². The van der Waals surface area contributed by atoms with Gasteiger partial charge in [0.15, 0.2) is 17.3 Å². The molecule has 3 aliphatic rings. The van der Waals surface area contributed by atoms with Crippen LogP contribution in [0.3, 0.4) is 0 Å². The number of fused-ring (bicyclic) bond motifs is 5. The van der Waals surface area contributed by atoms with E-state index in [1.807, 2.05) is 24.3 Å². The zero-order chi connectivity index (χ0) is 29.2. The number of nitrogens with zero attached hydrogens (tertiary/aromatic N) is 3. The Bertz CT molecular complexity index is 1810. The van der Waals surface area contributed by atoms with E-state index in [-0.39, 0.29) is 22.6 Å². The lowest BCUT2D eigenvalue weighted by molar-refractivity contribution is -0.384.